The second-order valence-corrected chi connectivity index (χ2v) is 4.76. The van der Waals surface area contributed by atoms with Gasteiger partial charge in [-0.15, -0.1) is 0 Å². The Bertz CT molecular complexity index is 507. The minimum absolute atomic E-state index is 0.335. The average molecular weight is 245 g/mol. The van der Waals surface area contributed by atoms with E-state index in [1.54, 1.807) is 13.3 Å². The minimum atomic E-state index is -0.457. The highest BCUT2D eigenvalue weighted by Gasteiger charge is 2.14. The van der Waals surface area contributed by atoms with Crippen LogP contribution < -0.4 is 0 Å². The predicted octanol–water partition coefficient (Wildman–Crippen LogP) is 2.94. The molecule has 18 heavy (non-hydrogen) atoms. The standard InChI is InChI=1S/C15H19NO2/c1-11(10-18-2)8-15(17)14-5-3-4-12-9-16-7-6-13(12)14/h3-7,9,11,15,17H,8,10H2,1-2H3. The average Bonchev–Trinajstić information content (AvgIpc) is 2.38. The summed E-state index contributed by atoms with van der Waals surface area (Å²) in [6.07, 6.45) is 3.83. The molecule has 0 fully saturated rings. The Morgan fingerprint density at radius 3 is 2.94 bits per heavy atom. The van der Waals surface area contributed by atoms with Crippen LogP contribution in [0.4, 0.5) is 0 Å². The third-order valence-corrected chi connectivity index (χ3v) is 3.15. The molecule has 2 atom stereocenters. The third-order valence-electron chi connectivity index (χ3n) is 3.15. The normalized spacial score (nSPS) is 14.6. The Morgan fingerprint density at radius 2 is 2.17 bits per heavy atom. The summed E-state index contributed by atoms with van der Waals surface area (Å²) in [5.74, 6) is 0.335. The lowest BCUT2D eigenvalue weighted by atomic mass is 9.95. The van der Waals surface area contributed by atoms with Crippen LogP contribution in [0.1, 0.15) is 25.0 Å². The number of fused-ring (bicyclic) bond motifs is 1. The van der Waals surface area contributed by atoms with Crippen molar-refractivity contribution in [2.24, 2.45) is 5.92 Å². The lowest BCUT2D eigenvalue weighted by Crippen LogP contribution is -2.09. The second kappa shape index (κ2) is 5.94. The SMILES string of the molecule is COCC(C)CC(O)c1cccc2cnccc12. The highest BCUT2D eigenvalue weighted by atomic mass is 16.5. The Balaban J connectivity index is 2.24. The quantitative estimate of drug-likeness (QED) is 0.880. The molecular formula is C15H19NO2. The van der Waals surface area contributed by atoms with Crippen LogP contribution in [0.2, 0.25) is 0 Å². The molecule has 1 heterocycles. The van der Waals surface area contributed by atoms with E-state index in [1.165, 1.54) is 0 Å². The molecule has 0 aliphatic rings. The summed E-state index contributed by atoms with van der Waals surface area (Å²) in [4.78, 5) is 4.10. The van der Waals surface area contributed by atoms with E-state index in [9.17, 15) is 5.11 Å². The third kappa shape index (κ3) is 2.86. The Labute approximate surface area is 107 Å². The number of pyridine rings is 1. The van der Waals surface area contributed by atoms with Crippen molar-refractivity contribution in [1.29, 1.82) is 0 Å². The van der Waals surface area contributed by atoms with Gasteiger partial charge in [0.25, 0.3) is 0 Å². The number of rotatable bonds is 5. The van der Waals surface area contributed by atoms with Gasteiger partial charge in [-0.25, -0.2) is 0 Å². The van der Waals surface area contributed by atoms with Crippen LogP contribution in [-0.2, 0) is 4.74 Å². The largest absolute Gasteiger partial charge is 0.388 e. The van der Waals surface area contributed by atoms with Gasteiger partial charge < -0.3 is 9.84 Å². The van der Waals surface area contributed by atoms with Gasteiger partial charge in [0.05, 0.1) is 6.10 Å². The molecule has 2 aromatic rings. The predicted molar refractivity (Wildman–Crippen MR) is 72.4 cm³/mol. The Kier molecular flexibility index (Phi) is 4.28. The van der Waals surface area contributed by atoms with Crippen molar-refractivity contribution in [3.05, 3.63) is 42.2 Å². The van der Waals surface area contributed by atoms with Gasteiger partial charge in [0.15, 0.2) is 0 Å². The summed E-state index contributed by atoms with van der Waals surface area (Å²) in [5.41, 5.74) is 0.970. The van der Waals surface area contributed by atoms with Crippen LogP contribution in [0.5, 0.6) is 0 Å². The molecular weight excluding hydrogens is 226 g/mol. The lowest BCUT2D eigenvalue weighted by Gasteiger charge is -2.17. The molecule has 3 heteroatoms. The number of aromatic nitrogens is 1. The van der Waals surface area contributed by atoms with E-state index in [0.29, 0.717) is 18.9 Å². The number of hydrogen-bond acceptors (Lipinski definition) is 3. The summed E-state index contributed by atoms with van der Waals surface area (Å²) in [6.45, 7) is 2.75. The van der Waals surface area contributed by atoms with E-state index in [0.717, 1.165) is 16.3 Å². The Hall–Kier alpha value is -1.45. The fourth-order valence-electron chi connectivity index (χ4n) is 2.30. The molecule has 2 rings (SSSR count). The summed E-state index contributed by atoms with van der Waals surface area (Å²) in [5, 5.41) is 12.5. The first-order chi connectivity index (χ1) is 8.72. The molecule has 0 aliphatic heterocycles. The molecule has 0 spiro atoms. The van der Waals surface area contributed by atoms with Crippen LogP contribution in [0.15, 0.2) is 36.7 Å². The zero-order valence-corrected chi connectivity index (χ0v) is 10.8. The van der Waals surface area contributed by atoms with E-state index in [1.807, 2.05) is 30.5 Å². The van der Waals surface area contributed by atoms with Gasteiger partial charge >= 0.3 is 0 Å². The second-order valence-electron chi connectivity index (χ2n) is 4.76. The number of nitrogens with zero attached hydrogens (tertiary/aromatic N) is 1. The van der Waals surface area contributed by atoms with Crippen molar-refractivity contribution in [2.45, 2.75) is 19.4 Å². The van der Waals surface area contributed by atoms with Gasteiger partial charge in [-0.3, -0.25) is 4.98 Å². The van der Waals surface area contributed by atoms with Crippen molar-refractivity contribution in [3.63, 3.8) is 0 Å². The minimum Gasteiger partial charge on any atom is -0.388 e. The molecule has 1 aromatic heterocycles. The highest BCUT2D eigenvalue weighted by Crippen LogP contribution is 2.27. The van der Waals surface area contributed by atoms with Gasteiger partial charge in [0.2, 0.25) is 0 Å². The zero-order chi connectivity index (χ0) is 13.0. The number of benzene rings is 1. The topological polar surface area (TPSA) is 42.4 Å². The van der Waals surface area contributed by atoms with E-state index in [4.69, 9.17) is 4.74 Å². The van der Waals surface area contributed by atoms with Crippen molar-refractivity contribution >= 4 is 10.8 Å². The monoisotopic (exact) mass is 245 g/mol. The first-order valence-corrected chi connectivity index (χ1v) is 6.22. The zero-order valence-electron chi connectivity index (χ0n) is 10.8. The first kappa shape index (κ1) is 13.0. The summed E-state index contributed by atoms with van der Waals surface area (Å²) < 4.78 is 5.11. The molecule has 0 saturated heterocycles. The highest BCUT2D eigenvalue weighted by molar-refractivity contribution is 5.85. The number of ether oxygens (including phenoxy) is 1. The van der Waals surface area contributed by atoms with E-state index in [-0.39, 0.29) is 0 Å². The van der Waals surface area contributed by atoms with Gasteiger partial charge in [0.1, 0.15) is 0 Å². The van der Waals surface area contributed by atoms with Crippen molar-refractivity contribution in [2.75, 3.05) is 13.7 Å². The van der Waals surface area contributed by atoms with Crippen molar-refractivity contribution < 1.29 is 9.84 Å². The summed E-state index contributed by atoms with van der Waals surface area (Å²) in [7, 11) is 1.69. The fraction of sp³-hybridized carbons (Fsp3) is 0.400. The van der Waals surface area contributed by atoms with Gasteiger partial charge in [-0.2, -0.15) is 0 Å². The fourth-order valence-corrected chi connectivity index (χ4v) is 2.30. The van der Waals surface area contributed by atoms with Crippen LogP contribution in [0.25, 0.3) is 10.8 Å². The molecule has 3 nitrogen and oxygen atoms in total. The molecule has 0 amide bonds. The number of hydrogen-bond donors (Lipinski definition) is 1. The summed E-state index contributed by atoms with van der Waals surface area (Å²) >= 11 is 0. The Morgan fingerprint density at radius 1 is 1.33 bits per heavy atom. The van der Waals surface area contributed by atoms with Crippen LogP contribution >= 0.6 is 0 Å². The van der Waals surface area contributed by atoms with Crippen LogP contribution in [0, 0.1) is 5.92 Å². The number of aliphatic hydroxyl groups excluding tert-OH is 1. The van der Waals surface area contributed by atoms with Gasteiger partial charge in [-0.05, 0) is 29.4 Å². The van der Waals surface area contributed by atoms with Gasteiger partial charge in [-0.1, -0.05) is 25.1 Å². The van der Waals surface area contributed by atoms with Crippen molar-refractivity contribution in [3.8, 4) is 0 Å². The molecule has 1 N–H and O–H groups in total. The molecule has 0 bridgehead atoms. The molecule has 0 radical (unpaired) electrons. The molecule has 96 valence electrons. The number of methoxy groups -OCH3 is 1. The molecule has 2 unspecified atom stereocenters. The first-order valence-electron chi connectivity index (χ1n) is 6.22. The van der Waals surface area contributed by atoms with Crippen LogP contribution in [0.3, 0.4) is 0 Å². The lowest BCUT2D eigenvalue weighted by molar-refractivity contribution is 0.102. The smallest absolute Gasteiger partial charge is 0.0799 e. The molecule has 0 saturated carbocycles. The maximum Gasteiger partial charge on any atom is 0.0799 e. The van der Waals surface area contributed by atoms with E-state index >= 15 is 0 Å². The maximum atomic E-state index is 10.3. The summed E-state index contributed by atoms with van der Waals surface area (Å²) in [6, 6.07) is 7.90. The molecule has 0 aliphatic carbocycles. The van der Waals surface area contributed by atoms with Crippen LogP contribution in [-0.4, -0.2) is 23.8 Å². The molecule has 1 aromatic carbocycles. The van der Waals surface area contributed by atoms with Gasteiger partial charge in [0, 0.05) is 31.5 Å². The number of aliphatic hydroxyl groups is 1. The van der Waals surface area contributed by atoms with E-state index < -0.39 is 6.10 Å². The van der Waals surface area contributed by atoms with E-state index in [2.05, 4.69) is 11.9 Å². The van der Waals surface area contributed by atoms with Crippen molar-refractivity contribution in [1.82, 2.24) is 4.98 Å². The maximum absolute atomic E-state index is 10.3.